The first-order valence-electron chi connectivity index (χ1n) is 5.95. The topological polar surface area (TPSA) is 12.0 Å². The molecule has 0 radical (unpaired) electrons. The van der Waals surface area contributed by atoms with Gasteiger partial charge in [-0.05, 0) is 48.5 Å². The largest absolute Gasteiger partial charge is 0.313 e. The van der Waals surface area contributed by atoms with Crippen molar-refractivity contribution in [2.45, 2.75) is 5.54 Å². The number of allylic oxidation sites excluding steroid dienone is 2. The van der Waals surface area contributed by atoms with Crippen LogP contribution in [0.25, 0.3) is 0 Å². The van der Waals surface area contributed by atoms with Gasteiger partial charge in [0.25, 0.3) is 0 Å². The van der Waals surface area contributed by atoms with Crippen LogP contribution in [0.15, 0.2) is 24.3 Å². The van der Waals surface area contributed by atoms with E-state index in [4.69, 9.17) is 0 Å². The summed E-state index contributed by atoms with van der Waals surface area (Å²) in [4.78, 5) is 0. The minimum atomic E-state index is 0.494. The van der Waals surface area contributed by atoms with Gasteiger partial charge in [-0.3, -0.25) is 0 Å². The fraction of sp³-hybridized carbons (Fsp3) is 0.692. The molecular formula is C13H15N. The van der Waals surface area contributed by atoms with Crippen molar-refractivity contribution in [3.63, 3.8) is 0 Å². The molecule has 6 atom stereocenters. The zero-order valence-corrected chi connectivity index (χ0v) is 8.35. The number of rotatable bonds is 1. The predicted octanol–water partition coefficient (Wildman–Crippen LogP) is 1.44. The molecule has 1 nitrogen and oxygen atoms in total. The standard InChI is InChI=1S/C13H15N/c1-14-13-8-4-2-6-10(8)11-7(12(6)13)3-5-9(11)13/h2-12,14H,1H3. The Morgan fingerprint density at radius 2 is 1.50 bits per heavy atom. The molecule has 14 heavy (non-hydrogen) atoms. The van der Waals surface area contributed by atoms with Crippen molar-refractivity contribution in [2.75, 3.05) is 7.05 Å². The lowest BCUT2D eigenvalue weighted by Gasteiger charge is -2.43. The number of nitrogens with one attached hydrogen (secondary N) is 1. The molecule has 0 heterocycles. The number of hydrogen-bond donors (Lipinski definition) is 1. The molecule has 0 saturated heterocycles. The van der Waals surface area contributed by atoms with E-state index in [1.165, 1.54) is 0 Å². The van der Waals surface area contributed by atoms with Crippen LogP contribution < -0.4 is 5.32 Å². The van der Waals surface area contributed by atoms with Gasteiger partial charge in [-0.1, -0.05) is 24.3 Å². The van der Waals surface area contributed by atoms with E-state index in [1.807, 2.05) is 0 Å². The maximum absolute atomic E-state index is 3.72. The fourth-order valence-corrected chi connectivity index (χ4v) is 6.21. The van der Waals surface area contributed by atoms with E-state index < -0.39 is 0 Å². The molecule has 1 N–H and O–H groups in total. The van der Waals surface area contributed by atoms with Crippen LogP contribution in [-0.2, 0) is 0 Å². The molecule has 4 fully saturated rings. The maximum atomic E-state index is 3.72. The van der Waals surface area contributed by atoms with Crippen molar-refractivity contribution < 1.29 is 0 Å². The van der Waals surface area contributed by atoms with E-state index in [-0.39, 0.29) is 0 Å². The van der Waals surface area contributed by atoms with Gasteiger partial charge < -0.3 is 5.32 Å². The molecule has 0 aliphatic heterocycles. The lowest BCUT2D eigenvalue weighted by Crippen LogP contribution is -2.54. The predicted molar refractivity (Wildman–Crippen MR) is 54.5 cm³/mol. The monoisotopic (exact) mass is 185 g/mol. The van der Waals surface area contributed by atoms with E-state index in [9.17, 15) is 0 Å². The first-order chi connectivity index (χ1) is 6.89. The molecule has 6 aliphatic carbocycles. The van der Waals surface area contributed by atoms with E-state index in [0.29, 0.717) is 5.54 Å². The third kappa shape index (κ3) is 0.365. The fourth-order valence-electron chi connectivity index (χ4n) is 6.21. The summed E-state index contributed by atoms with van der Waals surface area (Å²) in [5, 5.41) is 3.72. The van der Waals surface area contributed by atoms with E-state index in [2.05, 4.69) is 36.7 Å². The van der Waals surface area contributed by atoms with Crippen molar-refractivity contribution >= 4 is 0 Å². The Labute approximate surface area is 84.3 Å². The van der Waals surface area contributed by atoms with Gasteiger partial charge >= 0.3 is 0 Å². The van der Waals surface area contributed by atoms with Crippen LogP contribution in [-0.4, -0.2) is 12.6 Å². The lowest BCUT2D eigenvalue weighted by atomic mass is 9.70. The van der Waals surface area contributed by atoms with Crippen LogP contribution in [0.2, 0.25) is 0 Å². The Kier molecular flexibility index (Phi) is 0.805. The maximum Gasteiger partial charge on any atom is 0.0350 e. The van der Waals surface area contributed by atoms with Crippen LogP contribution in [0, 0.1) is 41.4 Å². The Morgan fingerprint density at radius 3 is 1.93 bits per heavy atom. The van der Waals surface area contributed by atoms with Crippen molar-refractivity contribution in [2.24, 2.45) is 41.4 Å². The average molecular weight is 185 g/mol. The van der Waals surface area contributed by atoms with Crippen LogP contribution in [0.3, 0.4) is 0 Å². The molecule has 0 aromatic heterocycles. The highest BCUT2D eigenvalue weighted by Gasteiger charge is 2.81. The Bertz CT molecular complexity index is 362. The molecule has 6 rings (SSSR count). The number of hydrogen-bond acceptors (Lipinski definition) is 1. The van der Waals surface area contributed by atoms with Gasteiger partial charge in [0.2, 0.25) is 0 Å². The van der Waals surface area contributed by atoms with E-state index in [0.717, 1.165) is 41.4 Å². The molecule has 8 bridgehead atoms. The van der Waals surface area contributed by atoms with Gasteiger partial charge in [0.15, 0.2) is 0 Å². The molecule has 0 spiro atoms. The zero-order valence-electron chi connectivity index (χ0n) is 8.35. The van der Waals surface area contributed by atoms with Gasteiger partial charge in [-0.15, -0.1) is 0 Å². The zero-order chi connectivity index (χ0) is 9.08. The van der Waals surface area contributed by atoms with Crippen LogP contribution in [0.1, 0.15) is 0 Å². The third-order valence-corrected chi connectivity index (χ3v) is 6.16. The van der Waals surface area contributed by atoms with Crippen molar-refractivity contribution in [3.05, 3.63) is 24.3 Å². The lowest BCUT2D eigenvalue weighted by molar-refractivity contribution is 0.185. The minimum absolute atomic E-state index is 0.494. The molecule has 72 valence electrons. The van der Waals surface area contributed by atoms with Crippen LogP contribution in [0.4, 0.5) is 0 Å². The second-order valence-electron chi connectivity index (χ2n) is 5.84. The summed E-state index contributed by atoms with van der Waals surface area (Å²) in [6.45, 7) is 0. The van der Waals surface area contributed by atoms with Gasteiger partial charge in [-0.2, -0.15) is 0 Å². The van der Waals surface area contributed by atoms with E-state index >= 15 is 0 Å². The smallest absolute Gasteiger partial charge is 0.0350 e. The highest BCUT2D eigenvalue weighted by molar-refractivity contribution is 5.46. The summed E-state index contributed by atoms with van der Waals surface area (Å²) >= 11 is 0. The van der Waals surface area contributed by atoms with E-state index in [1.54, 1.807) is 0 Å². The Balaban J connectivity index is 1.87. The van der Waals surface area contributed by atoms with Gasteiger partial charge in [-0.25, -0.2) is 0 Å². The second kappa shape index (κ2) is 1.65. The molecule has 0 amide bonds. The first kappa shape index (κ1) is 6.84. The van der Waals surface area contributed by atoms with Crippen molar-refractivity contribution in [1.29, 1.82) is 0 Å². The normalized spacial score (nSPS) is 73.4. The summed E-state index contributed by atoms with van der Waals surface area (Å²) in [5.41, 5.74) is 0.494. The summed E-state index contributed by atoms with van der Waals surface area (Å²) in [6.07, 6.45) is 10.1. The molecule has 0 aromatic carbocycles. The third-order valence-electron chi connectivity index (χ3n) is 6.16. The summed E-state index contributed by atoms with van der Waals surface area (Å²) in [6, 6.07) is 0. The highest BCUT2D eigenvalue weighted by atomic mass is 15.1. The summed E-state index contributed by atoms with van der Waals surface area (Å²) < 4.78 is 0. The highest BCUT2D eigenvalue weighted by Crippen LogP contribution is 2.80. The SMILES string of the molecule is CNC12C3C=CC4C3C3C(C=CC31)C42. The summed E-state index contributed by atoms with van der Waals surface area (Å²) in [5.74, 6) is 6.59. The Morgan fingerprint density at radius 1 is 0.929 bits per heavy atom. The molecule has 4 saturated carbocycles. The van der Waals surface area contributed by atoms with Gasteiger partial charge in [0, 0.05) is 5.54 Å². The van der Waals surface area contributed by atoms with Gasteiger partial charge in [0.05, 0.1) is 0 Å². The Hall–Kier alpha value is -0.560. The quantitative estimate of drug-likeness (QED) is 0.609. The van der Waals surface area contributed by atoms with Crippen LogP contribution >= 0.6 is 0 Å². The molecule has 6 aliphatic rings. The second-order valence-corrected chi connectivity index (χ2v) is 5.84. The van der Waals surface area contributed by atoms with Crippen molar-refractivity contribution in [3.8, 4) is 0 Å². The van der Waals surface area contributed by atoms with Gasteiger partial charge in [0.1, 0.15) is 0 Å². The molecule has 1 heteroatoms. The molecule has 6 unspecified atom stereocenters. The molecule has 0 aromatic rings. The first-order valence-corrected chi connectivity index (χ1v) is 5.95. The van der Waals surface area contributed by atoms with Crippen LogP contribution in [0.5, 0.6) is 0 Å². The average Bonchev–Trinajstić information content (AvgIpc) is 2.96. The summed E-state index contributed by atoms with van der Waals surface area (Å²) in [7, 11) is 2.19. The van der Waals surface area contributed by atoms with Crippen molar-refractivity contribution in [1.82, 2.24) is 5.32 Å². The minimum Gasteiger partial charge on any atom is -0.313 e. The molecular weight excluding hydrogens is 170 g/mol.